The Kier molecular flexibility index (Phi) is 5.91. The lowest BCUT2D eigenvalue weighted by molar-refractivity contribution is -0.143. The highest BCUT2D eigenvalue weighted by molar-refractivity contribution is 6.42. The van der Waals surface area contributed by atoms with Crippen LogP contribution >= 0.6 is 23.2 Å². The summed E-state index contributed by atoms with van der Waals surface area (Å²) in [4.78, 5) is 13.7. The maximum atomic E-state index is 11.3. The Balaban J connectivity index is 1.99. The minimum absolute atomic E-state index is 0.0418. The van der Waals surface area contributed by atoms with Crippen molar-refractivity contribution in [2.45, 2.75) is 32.7 Å². The summed E-state index contributed by atoms with van der Waals surface area (Å²) < 4.78 is 0. The minimum atomic E-state index is -0.692. The number of piperidine rings is 1. The highest BCUT2D eigenvalue weighted by Gasteiger charge is 2.31. The predicted octanol–water partition coefficient (Wildman–Crippen LogP) is 5.50. The molecule has 1 aliphatic heterocycles. The second-order valence-electron chi connectivity index (χ2n) is 7.08. The molecule has 0 saturated carbocycles. The number of halogens is 2. The average Bonchev–Trinajstić information content (AvgIpc) is 2.60. The standard InChI is InChI=1S/C21H23Cl2NO2/c1-13-3-5-17(14(2)11-13)20(16-4-6-18(22)19(23)12-16)24-9-7-15(8-10-24)21(25)26/h3-6,11-12,15,20H,7-10H2,1-2H3,(H,25,26). The number of aliphatic carboxylic acids is 1. The maximum absolute atomic E-state index is 11.3. The van der Waals surface area contributed by atoms with Gasteiger partial charge in [-0.3, -0.25) is 9.69 Å². The van der Waals surface area contributed by atoms with Gasteiger partial charge < -0.3 is 5.11 Å². The number of hydrogen-bond acceptors (Lipinski definition) is 2. The molecule has 26 heavy (non-hydrogen) atoms. The van der Waals surface area contributed by atoms with Crippen LogP contribution < -0.4 is 0 Å². The van der Waals surface area contributed by atoms with E-state index in [0.29, 0.717) is 22.9 Å². The third kappa shape index (κ3) is 4.06. The van der Waals surface area contributed by atoms with Crippen molar-refractivity contribution in [3.8, 4) is 0 Å². The molecule has 0 radical (unpaired) electrons. The molecule has 0 bridgehead atoms. The molecule has 0 aliphatic carbocycles. The van der Waals surface area contributed by atoms with Gasteiger partial charge in [0, 0.05) is 0 Å². The van der Waals surface area contributed by atoms with E-state index in [4.69, 9.17) is 23.2 Å². The fraction of sp³-hybridized carbons (Fsp3) is 0.381. The van der Waals surface area contributed by atoms with Crippen LogP contribution in [0.4, 0.5) is 0 Å². The molecule has 1 aliphatic rings. The van der Waals surface area contributed by atoms with Crippen molar-refractivity contribution in [2.24, 2.45) is 5.92 Å². The molecule has 0 aromatic heterocycles. The molecular weight excluding hydrogens is 369 g/mol. The first-order valence-electron chi connectivity index (χ1n) is 8.85. The summed E-state index contributed by atoms with van der Waals surface area (Å²) >= 11 is 12.4. The largest absolute Gasteiger partial charge is 0.481 e. The fourth-order valence-corrected chi connectivity index (χ4v) is 4.11. The first kappa shape index (κ1) is 19.2. The van der Waals surface area contributed by atoms with E-state index in [1.54, 1.807) is 0 Å². The van der Waals surface area contributed by atoms with Crippen LogP contribution in [-0.4, -0.2) is 29.1 Å². The molecule has 1 fully saturated rings. The van der Waals surface area contributed by atoms with Crippen molar-refractivity contribution < 1.29 is 9.90 Å². The maximum Gasteiger partial charge on any atom is 0.306 e. The fourth-order valence-electron chi connectivity index (χ4n) is 3.81. The number of carboxylic acids is 1. The Hall–Kier alpha value is -1.55. The minimum Gasteiger partial charge on any atom is -0.481 e. The van der Waals surface area contributed by atoms with E-state index < -0.39 is 5.97 Å². The summed E-state index contributed by atoms with van der Waals surface area (Å²) in [6, 6.07) is 12.3. The molecule has 5 heteroatoms. The quantitative estimate of drug-likeness (QED) is 0.747. The monoisotopic (exact) mass is 391 g/mol. The predicted molar refractivity (Wildman–Crippen MR) is 106 cm³/mol. The Bertz CT molecular complexity index is 814. The number of likely N-dealkylation sites (tertiary alicyclic amines) is 1. The van der Waals surface area contributed by atoms with Crippen molar-refractivity contribution in [3.05, 3.63) is 68.7 Å². The van der Waals surface area contributed by atoms with Crippen molar-refractivity contribution in [1.82, 2.24) is 4.90 Å². The van der Waals surface area contributed by atoms with Crippen LogP contribution in [-0.2, 0) is 4.79 Å². The molecule has 2 aromatic rings. The lowest BCUT2D eigenvalue weighted by Gasteiger charge is -2.38. The van der Waals surface area contributed by atoms with E-state index in [-0.39, 0.29) is 12.0 Å². The Morgan fingerprint density at radius 2 is 1.77 bits per heavy atom. The van der Waals surface area contributed by atoms with E-state index in [2.05, 4.69) is 36.9 Å². The van der Waals surface area contributed by atoms with Gasteiger partial charge in [0.05, 0.1) is 22.0 Å². The summed E-state index contributed by atoms with van der Waals surface area (Å²) in [5.74, 6) is -0.943. The summed E-state index contributed by atoms with van der Waals surface area (Å²) in [6.45, 7) is 5.70. The van der Waals surface area contributed by atoms with Crippen molar-refractivity contribution in [3.63, 3.8) is 0 Å². The lowest BCUT2D eigenvalue weighted by atomic mass is 9.89. The van der Waals surface area contributed by atoms with Gasteiger partial charge in [0.1, 0.15) is 0 Å². The first-order valence-corrected chi connectivity index (χ1v) is 9.61. The van der Waals surface area contributed by atoms with Gasteiger partial charge in [0.15, 0.2) is 0 Å². The zero-order chi connectivity index (χ0) is 18.8. The van der Waals surface area contributed by atoms with Gasteiger partial charge in [-0.2, -0.15) is 0 Å². The first-order chi connectivity index (χ1) is 12.4. The van der Waals surface area contributed by atoms with Gasteiger partial charge in [-0.15, -0.1) is 0 Å². The Morgan fingerprint density at radius 3 is 2.35 bits per heavy atom. The van der Waals surface area contributed by atoms with E-state index in [0.717, 1.165) is 18.7 Å². The molecule has 0 amide bonds. The van der Waals surface area contributed by atoms with E-state index in [9.17, 15) is 9.90 Å². The molecule has 1 atom stereocenters. The smallest absolute Gasteiger partial charge is 0.306 e. The Morgan fingerprint density at radius 1 is 1.08 bits per heavy atom. The number of benzene rings is 2. The highest BCUT2D eigenvalue weighted by Crippen LogP contribution is 2.36. The Labute approximate surface area is 164 Å². The van der Waals surface area contributed by atoms with Crippen LogP contribution in [0.3, 0.4) is 0 Å². The second-order valence-corrected chi connectivity index (χ2v) is 7.90. The molecule has 138 valence electrons. The van der Waals surface area contributed by atoms with Gasteiger partial charge in [0.25, 0.3) is 0 Å². The number of hydrogen-bond donors (Lipinski definition) is 1. The molecule has 1 unspecified atom stereocenters. The number of carboxylic acid groups (broad SMARTS) is 1. The average molecular weight is 392 g/mol. The van der Waals surface area contributed by atoms with Crippen molar-refractivity contribution in [2.75, 3.05) is 13.1 Å². The molecule has 3 nitrogen and oxygen atoms in total. The lowest BCUT2D eigenvalue weighted by Crippen LogP contribution is -2.39. The van der Waals surface area contributed by atoms with Gasteiger partial charge >= 0.3 is 5.97 Å². The van der Waals surface area contributed by atoms with Gasteiger partial charge in [-0.1, -0.05) is 53.0 Å². The van der Waals surface area contributed by atoms with E-state index in [1.165, 1.54) is 16.7 Å². The molecule has 1 N–H and O–H groups in total. The van der Waals surface area contributed by atoms with Crippen LogP contribution in [0.2, 0.25) is 10.0 Å². The SMILES string of the molecule is Cc1ccc(C(c2ccc(Cl)c(Cl)c2)N2CCC(C(=O)O)CC2)c(C)c1. The molecule has 3 rings (SSSR count). The highest BCUT2D eigenvalue weighted by atomic mass is 35.5. The van der Waals surface area contributed by atoms with Crippen LogP contribution in [0.1, 0.15) is 41.1 Å². The summed E-state index contributed by atoms with van der Waals surface area (Å²) in [5.41, 5.74) is 4.76. The molecular formula is C21H23Cl2NO2. The van der Waals surface area contributed by atoms with Crippen molar-refractivity contribution in [1.29, 1.82) is 0 Å². The van der Waals surface area contributed by atoms with Gasteiger partial charge in [-0.25, -0.2) is 0 Å². The van der Waals surface area contributed by atoms with Crippen LogP contribution in [0.5, 0.6) is 0 Å². The molecule has 1 heterocycles. The number of carbonyl (C=O) groups is 1. The zero-order valence-corrected chi connectivity index (χ0v) is 16.5. The third-order valence-corrected chi connectivity index (χ3v) is 5.96. The second kappa shape index (κ2) is 7.99. The third-order valence-electron chi connectivity index (χ3n) is 5.22. The zero-order valence-electron chi connectivity index (χ0n) is 15.0. The van der Waals surface area contributed by atoms with Crippen molar-refractivity contribution >= 4 is 29.2 Å². The summed E-state index contributed by atoms with van der Waals surface area (Å²) in [7, 11) is 0. The summed E-state index contributed by atoms with van der Waals surface area (Å²) in [5, 5.41) is 10.4. The van der Waals surface area contributed by atoms with Crippen LogP contribution in [0.25, 0.3) is 0 Å². The van der Waals surface area contributed by atoms with E-state index in [1.807, 2.05) is 18.2 Å². The number of rotatable bonds is 4. The summed E-state index contributed by atoms with van der Waals surface area (Å²) in [6.07, 6.45) is 1.33. The van der Waals surface area contributed by atoms with Gasteiger partial charge in [-0.05, 0) is 68.6 Å². The normalized spacial score (nSPS) is 17.2. The van der Waals surface area contributed by atoms with Crippen LogP contribution in [0.15, 0.2) is 36.4 Å². The number of aryl methyl sites for hydroxylation is 2. The molecule has 0 spiro atoms. The molecule has 2 aromatic carbocycles. The number of nitrogens with zero attached hydrogens (tertiary/aromatic N) is 1. The van der Waals surface area contributed by atoms with Crippen LogP contribution in [0, 0.1) is 19.8 Å². The molecule has 1 saturated heterocycles. The van der Waals surface area contributed by atoms with E-state index >= 15 is 0 Å². The van der Waals surface area contributed by atoms with Gasteiger partial charge in [0.2, 0.25) is 0 Å². The topological polar surface area (TPSA) is 40.5 Å².